The number of nitrogens with two attached hydrogens (primary N) is 1. The topological polar surface area (TPSA) is 68.3 Å². The van der Waals surface area contributed by atoms with E-state index >= 15 is 0 Å². The molecule has 1 amide bonds. The number of benzene rings is 1. The minimum Gasteiger partial charge on any atom is -0.366 e. The van der Waals surface area contributed by atoms with Gasteiger partial charge in [-0.25, -0.2) is 0 Å². The number of fused-ring (bicyclic) bond motifs is 1. The summed E-state index contributed by atoms with van der Waals surface area (Å²) in [5.74, 6) is -0.153. The molecule has 0 fully saturated rings. The number of nitrogens with zero attached hydrogens (tertiary/aromatic N) is 2. The number of aryl methyl sites for hydroxylation is 2. The second-order valence-corrected chi connectivity index (χ2v) is 7.39. The maximum Gasteiger partial charge on any atom is 0.248 e. The molecule has 0 radical (unpaired) electrons. The van der Waals surface area contributed by atoms with E-state index in [1.807, 2.05) is 39.3 Å². The molecule has 0 spiro atoms. The Bertz CT molecular complexity index is 849. The summed E-state index contributed by atoms with van der Waals surface area (Å²) in [5, 5.41) is 0. The number of carbonyl (C=O) groups is 2. The van der Waals surface area contributed by atoms with E-state index in [4.69, 9.17) is 5.73 Å². The molecule has 0 unspecified atom stereocenters. The predicted molar refractivity (Wildman–Crippen MR) is 103 cm³/mol. The molecule has 138 valence electrons. The molecule has 2 aromatic rings. The average molecular weight is 353 g/mol. The van der Waals surface area contributed by atoms with Crippen molar-refractivity contribution >= 4 is 11.7 Å². The van der Waals surface area contributed by atoms with Crippen LogP contribution in [0.3, 0.4) is 0 Å². The van der Waals surface area contributed by atoms with Gasteiger partial charge in [0.05, 0.1) is 0 Å². The van der Waals surface area contributed by atoms with Crippen LogP contribution in [0.2, 0.25) is 0 Å². The van der Waals surface area contributed by atoms with E-state index in [1.165, 1.54) is 0 Å². The zero-order chi connectivity index (χ0) is 18.8. The van der Waals surface area contributed by atoms with E-state index in [1.54, 1.807) is 0 Å². The molecule has 0 bridgehead atoms. The van der Waals surface area contributed by atoms with Gasteiger partial charge in [-0.1, -0.05) is 0 Å². The lowest BCUT2D eigenvalue weighted by atomic mass is 9.94. The molecule has 5 nitrogen and oxygen atoms in total. The van der Waals surface area contributed by atoms with Crippen molar-refractivity contribution in [2.75, 3.05) is 20.6 Å². The lowest BCUT2D eigenvalue weighted by molar-refractivity contribution is 0.0969. The number of rotatable bonds is 6. The first-order valence-electron chi connectivity index (χ1n) is 9.20. The van der Waals surface area contributed by atoms with Crippen LogP contribution < -0.4 is 5.73 Å². The highest BCUT2D eigenvalue weighted by Crippen LogP contribution is 2.29. The molecule has 1 aromatic heterocycles. The summed E-state index contributed by atoms with van der Waals surface area (Å²) in [5.41, 5.74) is 11.1. The van der Waals surface area contributed by atoms with Crippen molar-refractivity contribution in [1.82, 2.24) is 9.47 Å². The van der Waals surface area contributed by atoms with Gasteiger partial charge < -0.3 is 15.2 Å². The summed E-state index contributed by atoms with van der Waals surface area (Å²) in [7, 11) is 4.08. The van der Waals surface area contributed by atoms with E-state index in [2.05, 4.69) is 15.5 Å². The molecule has 0 saturated heterocycles. The van der Waals surface area contributed by atoms with Gasteiger partial charge in [-0.2, -0.15) is 0 Å². The van der Waals surface area contributed by atoms with Gasteiger partial charge in [-0.15, -0.1) is 0 Å². The highest BCUT2D eigenvalue weighted by Gasteiger charge is 2.24. The number of hydrogen-bond donors (Lipinski definition) is 1. The molecular formula is C21H27N3O2. The lowest BCUT2D eigenvalue weighted by Crippen LogP contribution is -2.17. The van der Waals surface area contributed by atoms with Gasteiger partial charge in [0.25, 0.3) is 0 Å². The molecule has 0 saturated carbocycles. The lowest BCUT2D eigenvalue weighted by Gasteiger charge is -2.17. The largest absolute Gasteiger partial charge is 0.366 e. The molecule has 1 aliphatic rings. The number of hydrogen-bond acceptors (Lipinski definition) is 3. The number of amides is 1. The number of carbonyl (C=O) groups excluding carboxylic acids is 2. The zero-order valence-electron chi connectivity index (χ0n) is 15.8. The first kappa shape index (κ1) is 18.4. The maximum atomic E-state index is 12.3. The van der Waals surface area contributed by atoms with Crippen LogP contribution in [0.1, 0.15) is 56.8 Å². The molecule has 1 aliphatic carbocycles. The zero-order valence-corrected chi connectivity index (χ0v) is 15.8. The van der Waals surface area contributed by atoms with Crippen molar-refractivity contribution in [3.8, 4) is 5.69 Å². The van der Waals surface area contributed by atoms with Crippen molar-refractivity contribution in [2.45, 2.75) is 39.0 Å². The highest BCUT2D eigenvalue weighted by molar-refractivity contribution is 6.00. The van der Waals surface area contributed by atoms with Crippen LogP contribution in [-0.2, 0) is 12.8 Å². The van der Waals surface area contributed by atoms with Crippen molar-refractivity contribution in [2.24, 2.45) is 5.73 Å². The summed E-state index contributed by atoms with van der Waals surface area (Å²) in [6, 6.07) is 5.79. The highest BCUT2D eigenvalue weighted by atomic mass is 16.1. The van der Waals surface area contributed by atoms with Crippen LogP contribution >= 0.6 is 0 Å². The fourth-order valence-electron chi connectivity index (χ4n) is 3.85. The first-order valence-corrected chi connectivity index (χ1v) is 9.20. The second kappa shape index (κ2) is 7.46. The van der Waals surface area contributed by atoms with Gasteiger partial charge in [0.15, 0.2) is 5.78 Å². The Labute approximate surface area is 154 Å². The maximum absolute atomic E-state index is 12.3. The Balaban J connectivity index is 2.00. The van der Waals surface area contributed by atoms with Crippen molar-refractivity contribution < 1.29 is 9.59 Å². The van der Waals surface area contributed by atoms with Crippen molar-refractivity contribution in [3.63, 3.8) is 0 Å². The number of primary amides is 1. The van der Waals surface area contributed by atoms with Gasteiger partial charge in [-0.3, -0.25) is 9.59 Å². The van der Waals surface area contributed by atoms with Crippen LogP contribution in [0.4, 0.5) is 0 Å². The Hall–Kier alpha value is -2.40. The SMILES string of the molecule is Cc1cn(-c2ccc(C(N)=O)c(CCCN(C)C)c2)c2c1C(=O)CCC2. The van der Waals surface area contributed by atoms with Crippen molar-refractivity contribution in [3.05, 3.63) is 52.3 Å². The Kier molecular flexibility index (Phi) is 5.28. The molecule has 0 atom stereocenters. The average Bonchev–Trinajstić information content (AvgIpc) is 2.92. The predicted octanol–water partition coefficient (Wildman–Crippen LogP) is 2.90. The summed E-state index contributed by atoms with van der Waals surface area (Å²) < 4.78 is 2.11. The van der Waals surface area contributed by atoms with Crippen LogP contribution in [0, 0.1) is 6.92 Å². The van der Waals surface area contributed by atoms with E-state index < -0.39 is 5.91 Å². The number of Topliss-reactive ketones (excluding diaryl/α,β-unsaturated/α-hetero) is 1. The number of ketones is 1. The molecular weight excluding hydrogens is 326 g/mol. The summed E-state index contributed by atoms with van der Waals surface area (Å²) >= 11 is 0. The summed E-state index contributed by atoms with van der Waals surface area (Å²) in [4.78, 5) is 26.2. The van der Waals surface area contributed by atoms with Crippen LogP contribution in [-0.4, -0.2) is 41.8 Å². The van der Waals surface area contributed by atoms with Crippen LogP contribution in [0.15, 0.2) is 24.4 Å². The standard InChI is InChI=1S/C21H27N3O2/c1-14-13-24(18-7-4-8-19(25)20(14)18)16-9-10-17(21(22)26)15(12-16)6-5-11-23(2)3/h9-10,12-13H,4-8,11H2,1-3H3,(H2,22,26). The molecule has 26 heavy (non-hydrogen) atoms. The van der Waals surface area contributed by atoms with E-state index in [0.717, 1.165) is 60.3 Å². The fourth-order valence-corrected chi connectivity index (χ4v) is 3.85. The van der Waals surface area contributed by atoms with Gasteiger partial charge in [-0.05, 0) is 82.6 Å². The molecule has 5 heteroatoms. The molecule has 3 rings (SSSR count). The fraction of sp³-hybridized carbons (Fsp3) is 0.429. The van der Waals surface area contributed by atoms with Crippen LogP contribution in [0.5, 0.6) is 0 Å². The third-order valence-electron chi connectivity index (χ3n) is 5.08. The summed E-state index contributed by atoms with van der Waals surface area (Å²) in [6.45, 7) is 2.95. The second-order valence-electron chi connectivity index (χ2n) is 7.39. The quantitative estimate of drug-likeness (QED) is 0.868. The smallest absolute Gasteiger partial charge is 0.248 e. The monoisotopic (exact) mass is 353 g/mol. The first-order chi connectivity index (χ1) is 12.4. The van der Waals surface area contributed by atoms with E-state index in [-0.39, 0.29) is 5.78 Å². The molecule has 2 N–H and O–H groups in total. The Morgan fingerprint density at radius 3 is 2.73 bits per heavy atom. The normalized spacial score (nSPS) is 13.9. The van der Waals surface area contributed by atoms with Crippen molar-refractivity contribution in [1.29, 1.82) is 0 Å². The third kappa shape index (κ3) is 3.58. The van der Waals surface area contributed by atoms with Gasteiger partial charge in [0, 0.05) is 35.1 Å². The van der Waals surface area contributed by atoms with E-state index in [0.29, 0.717) is 12.0 Å². The molecule has 1 heterocycles. The minimum atomic E-state index is -0.391. The van der Waals surface area contributed by atoms with Gasteiger partial charge in [0.1, 0.15) is 0 Å². The van der Waals surface area contributed by atoms with Gasteiger partial charge >= 0.3 is 0 Å². The molecule has 1 aromatic carbocycles. The van der Waals surface area contributed by atoms with Gasteiger partial charge in [0.2, 0.25) is 5.91 Å². The third-order valence-corrected chi connectivity index (χ3v) is 5.08. The Morgan fingerprint density at radius 1 is 1.27 bits per heavy atom. The minimum absolute atomic E-state index is 0.238. The Morgan fingerprint density at radius 2 is 2.04 bits per heavy atom. The number of aromatic nitrogens is 1. The van der Waals surface area contributed by atoms with Crippen LogP contribution in [0.25, 0.3) is 5.69 Å². The summed E-state index contributed by atoms with van der Waals surface area (Å²) in [6.07, 6.45) is 6.22. The molecule has 0 aliphatic heterocycles. The van der Waals surface area contributed by atoms with E-state index in [9.17, 15) is 9.59 Å².